The van der Waals surface area contributed by atoms with E-state index >= 15 is 0 Å². The minimum absolute atomic E-state index is 0.0357. The molecule has 3 nitrogen and oxygen atoms in total. The molecule has 1 heterocycles. The van der Waals surface area contributed by atoms with Gasteiger partial charge in [0, 0.05) is 19.4 Å². The predicted octanol–water partition coefficient (Wildman–Crippen LogP) is 1.99. The van der Waals surface area contributed by atoms with Crippen LogP contribution in [0.4, 0.5) is 0 Å². The van der Waals surface area contributed by atoms with E-state index in [1.807, 2.05) is 18.2 Å². The Kier molecular flexibility index (Phi) is 2.96. The highest BCUT2D eigenvalue weighted by molar-refractivity contribution is 5.87. The fraction of sp³-hybridized carbons (Fsp3) is 0.533. The highest BCUT2D eigenvalue weighted by atomic mass is 16.6. The Morgan fingerprint density at radius 2 is 2.06 bits per heavy atom. The molecule has 0 bridgehead atoms. The molecule has 0 N–H and O–H groups in total. The van der Waals surface area contributed by atoms with Crippen LogP contribution >= 0.6 is 0 Å². The van der Waals surface area contributed by atoms with Crippen LogP contribution in [0.15, 0.2) is 30.3 Å². The van der Waals surface area contributed by atoms with Crippen LogP contribution in [0.1, 0.15) is 18.4 Å². The average molecular weight is 246 g/mol. The van der Waals surface area contributed by atoms with Gasteiger partial charge in [0.25, 0.3) is 0 Å². The van der Waals surface area contributed by atoms with Gasteiger partial charge in [0.05, 0.1) is 12.2 Å². The van der Waals surface area contributed by atoms with Gasteiger partial charge < -0.3 is 9.47 Å². The monoisotopic (exact) mass is 246 g/mol. The van der Waals surface area contributed by atoms with Gasteiger partial charge >= 0.3 is 0 Å². The van der Waals surface area contributed by atoms with Gasteiger partial charge in [-0.3, -0.25) is 4.79 Å². The molecule has 96 valence electrons. The number of epoxide rings is 1. The van der Waals surface area contributed by atoms with Gasteiger partial charge in [-0.1, -0.05) is 30.3 Å². The lowest BCUT2D eigenvalue weighted by molar-refractivity contribution is -0.138. The lowest BCUT2D eigenvalue weighted by Crippen LogP contribution is -2.43. The maximum Gasteiger partial charge on any atom is 0.165 e. The molecule has 1 aromatic rings. The third-order valence-corrected chi connectivity index (χ3v) is 4.06. The number of benzene rings is 1. The number of rotatable bonds is 3. The Hall–Kier alpha value is -1.19. The van der Waals surface area contributed by atoms with E-state index in [1.165, 1.54) is 5.56 Å². The molecule has 3 unspecified atom stereocenters. The molecule has 1 spiro atoms. The molecular weight excluding hydrogens is 228 g/mol. The third-order valence-electron chi connectivity index (χ3n) is 4.06. The van der Waals surface area contributed by atoms with Gasteiger partial charge in [-0.15, -0.1) is 0 Å². The van der Waals surface area contributed by atoms with Crippen molar-refractivity contribution in [1.82, 2.24) is 0 Å². The average Bonchev–Trinajstić information content (AvgIpc) is 3.14. The van der Waals surface area contributed by atoms with E-state index in [1.54, 1.807) is 7.11 Å². The fourth-order valence-corrected chi connectivity index (χ4v) is 2.94. The van der Waals surface area contributed by atoms with Crippen molar-refractivity contribution in [2.45, 2.75) is 31.0 Å². The third kappa shape index (κ3) is 2.20. The summed E-state index contributed by atoms with van der Waals surface area (Å²) >= 11 is 0. The second kappa shape index (κ2) is 4.48. The van der Waals surface area contributed by atoms with Crippen molar-refractivity contribution in [3.8, 4) is 0 Å². The minimum Gasteiger partial charge on any atom is -0.374 e. The number of methoxy groups -OCH3 is 1. The molecule has 2 fully saturated rings. The normalized spacial score (nSPS) is 34.8. The topological polar surface area (TPSA) is 38.8 Å². The summed E-state index contributed by atoms with van der Waals surface area (Å²) < 4.78 is 10.9. The molecular formula is C15H18O3. The number of carbonyl (C=O) groups is 1. The number of ether oxygens (including phenoxy) is 2. The molecule has 0 aromatic heterocycles. The summed E-state index contributed by atoms with van der Waals surface area (Å²) in [5.74, 6) is 0.274. The molecule has 2 aliphatic rings. The van der Waals surface area contributed by atoms with Crippen LogP contribution in [0.25, 0.3) is 0 Å². The van der Waals surface area contributed by atoms with Crippen molar-refractivity contribution in [2.24, 2.45) is 5.92 Å². The maximum absolute atomic E-state index is 12.3. The van der Waals surface area contributed by atoms with E-state index < -0.39 is 0 Å². The lowest BCUT2D eigenvalue weighted by atomic mass is 9.76. The van der Waals surface area contributed by atoms with Crippen molar-refractivity contribution in [3.63, 3.8) is 0 Å². The van der Waals surface area contributed by atoms with Crippen molar-refractivity contribution >= 4 is 5.78 Å². The van der Waals surface area contributed by atoms with Crippen LogP contribution in [-0.4, -0.2) is 31.2 Å². The van der Waals surface area contributed by atoms with Gasteiger partial charge in [-0.25, -0.2) is 0 Å². The molecule has 1 aliphatic heterocycles. The quantitative estimate of drug-likeness (QED) is 0.766. The number of Topliss-reactive ketones (excluding diaryl/α,β-unsaturated/α-hetero) is 1. The zero-order valence-electron chi connectivity index (χ0n) is 10.6. The van der Waals surface area contributed by atoms with Crippen molar-refractivity contribution < 1.29 is 14.3 Å². The molecule has 1 saturated heterocycles. The first kappa shape index (κ1) is 11.9. The molecule has 3 rings (SSSR count). The van der Waals surface area contributed by atoms with Gasteiger partial charge in [0.2, 0.25) is 0 Å². The first-order valence-electron chi connectivity index (χ1n) is 6.47. The Labute approximate surface area is 107 Å². The van der Waals surface area contributed by atoms with E-state index in [-0.39, 0.29) is 23.4 Å². The van der Waals surface area contributed by atoms with Gasteiger partial charge in [0.15, 0.2) is 5.78 Å². The van der Waals surface area contributed by atoms with Gasteiger partial charge in [-0.05, 0) is 18.4 Å². The first-order valence-corrected chi connectivity index (χ1v) is 6.47. The molecule has 3 heteroatoms. The van der Waals surface area contributed by atoms with E-state index in [0.29, 0.717) is 0 Å². The van der Waals surface area contributed by atoms with Crippen LogP contribution in [-0.2, 0) is 20.7 Å². The summed E-state index contributed by atoms with van der Waals surface area (Å²) in [6.07, 6.45) is 2.09. The Morgan fingerprint density at radius 1 is 1.33 bits per heavy atom. The largest absolute Gasteiger partial charge is 0.374 e. The van der Waals surface area contributed by atoms with Crippen LogP contribution < -0.4 is 0 Å². The molecule has 0 amide bonds. The standard InChI is InChI=1S/C15H18O3/c1-17-13-9-15(10-18-15)8-12(14(13)16)7-11-5-3-2-4-6-11/h2-6,12-13H,7-10H2,1H3. The van der Waals surface area contributed by atoms with E-state index in [4.69, 9.17) is 9.47 Å². The smallest absolute Gasteiger partial charge is 0.165 e. The molecule has 18 heavy (non-hydrogen) atoms. The lowest BCUT2D eigenvalue weighted by Gasteiger charge is -2.31. The highest BCUT2D eigenvalue weighted by Gasteiger charge is 2.54. The first-order chi connectivity index (χ1) is 8.72. The predicted molar refractivity (Wildman–Crippen MR) is 67.4 cm³/mol. The van der Waals surface area contributed by atoms with Gasteiger partial charge in [-0.2, -0.15) is 0 Å². The number of carbonyl (C=O) groups excluding carboxylic acids is 1. The second-order valence-corrected chi connectivity index (χ2v) is 5.39. The number of hydrogen-bond donors (Lipinski definition) is 0. The highest BCUT2D eigenvalue weighted by Crippen LogP contribution is 2.44. The summed E-state index contributed by atoms with van der Waals surface area (Å²) in [5.41, 5.74) is 1.15. The van der Waals surface area contributed by atoms with Crippen LogP contribution in [0, 0.1) is 5.92 Å². The van der Waals surface area contributed by atoms with E-state index in [9.17, 15) is 4.79 Å². The minimum atomic E-state index is -0.282. The van der Waals surface area contributed by atoms with Crippen LogP contribution in [0.3, 0.4) is 0 Å². The molecule has 3 atom stereocenters. The second-order valence-electron chi connectivity index (χ2n) is 5.39. The van der Waals surface area contributed by atoms with E-state index in [2.05, 4.69) is 12.1 Å². The number of ketones is 1. The molecule has 1 aliphatic carbocycles. The van der Waals surface area contributed by atoms with Crippen molar-refractivity contribution in [3.05, 3.63) is 35.9 Å². The molecule has 1 saturated carbocycles. The van der Waals surface area contributed by atoms with Crippen LogP contribution in [0.2, 0.25) is 0 Å². The summed E-state index contributed by atoms with van der Waals surface area (Å²) in [7, 11) is 1.61. The SMILES string of the molecule is COC1CC2(CO2)CC(Cc2ccccc2)C1=O. The van der Waals surface area contributed by atoms with E-state index in [0.717, 1.165) is 25.9 Å². The maximum atomic E-state index is 12.3. The van der Waals surface area contributed by atoms with Crippen LogP contribution in [0.5, 0.6) is 0 Å². The Morgan fingerprint density at radius 3 is 2.67 bits per heavy atom. The summed E-state index contributed by atoms with van der Waals surface area (Å²) in [4.78, 5) is 12.3. The van der Waals surface area contributed by atoms with Crippen molar-refractivity contribution in [1.29, 1.82) is 0 Å². The molecule has 1 aromatic carbocycles. The van der Waals surface area contributed by atoms with Gasteiger partial charge in [0.1, 0.15) is 6.10 Å². The Bertz CT molecular complexity index is 436. The zero-order valence-corrected chi connectivity index (χ0v) is 10.6. The number of hydrogen-bond acceptors (Lipinski definition) is 3. The summed E-state index contributed by atoms with van der Waals surface area (Å²) in [6.45, 7) is 0.783. The summed E-state index contributed by atoms with van der Waals surface area (Å²) in [5, 5.41) is 0. The Balaban J connectivity index is 1.75. The molecule has 0 radical (unpaired) electrons. The summed E-state index contributed by atoms with van der Waals surface area (Å²) in [6, 6.07) is 10.2. The fourth-order valence-electron chi connectivity index (χ4n) is 2.94. The zero-order chi connectivity index (χ0) is 12.6. The van der Waals surface area contributed by atoms with Crippen molar-refractivity contribution in [2.75, 3.05) is 13.7 Å².